The molecule has 1 N–H and O–H groups in total. The molecule has 0 fully saturated rings. The van der Waals surface area contributed by atoms with Gasteiger partial charge in [-0.1, -0.05) is 18.2 Å². The molecule has 1 atom stereocenters. The highest BCUT2D eigenvalue weighted by atomic mass is 35.5. The van der Waals surface area contributed by atoms with E-state index in [1.165, 1.54) is 0 Å². The molecule has 0 aromatic heterocycles. The Labute approximate surface area is 116 Å². The molecule has 6 heteroatoms. The molecule has 2 amide bonds. The molecule has 100 valence electrons. The molecule has 0 bridgehead atoms. The number of nitrogens with one attached hydrogen (secondary N) is 1. The molecule has 1 aromatic rings. The van der Waals surface area contributed by atoms with Crippen molar-refractivity contribution in [1.82, 2.24) is 5.32 Å². The number of amides is 2. The summed E-state index contributed by atoms with van der Waals surface area (Å²) < 4.78 is 0. The summed E-state index contributed by atoms with van der Waals surface area (Å²) >= 11 is 5.53. The third kappa shape index (κ3) is 3.38. The van der Waals surface area contributed by atoms with Crippen LogP contribution in [0.3, 0.4) is 0 Å². The Kier molecular flexibility index (Phi) is 4.63. The van der Waals surface area contributed by atoms with Crippen LogP contribution in [-0.4, -0.2) is 24.2 Å². The molecule has 1 aliphatic heterocycles. The largest absolute Gasteiger partial charge is 0.354 e. The monoisotopic (exact) mass is 279 g/mol. The van der Waals surface area contributed by atoms with Crippen molar-refractivity contribution in [3.05, 3.63) is 35.4 Å². The lowest BCUT2D eigenvalue weighted by molar-refractivity contribution is -0.121. The molecule has 1 heterocycles. The number of nitrogens with zero attached hydrogens (tertiary/aromatic N) is 2. The predicted octanol–water partition coefficient (Wildman–Crippen LogP) is 2.47. The fraction of sp³-hybridized carbons (Fsp3) is 0.385. The second-order valence-electron chi connectivity index (χ2n) is 4.22. The van der Waals surface area contributed by atoms with Gasteiger partial charge in [-0.3, -0.25) is 9.59 Å². The van der Waals surface area contributed by atoms with E-state index < -0.39 is 0 Å². The first-order valence-corrected chi connectivity index (χ1v) is 6.62. The first-order valence-electron chi connectivity index (χ1n) is 6.09. The predicted molar refractivity (Wildman–Crippen MR) is 71.3 cm³/mol. The van der Waals surface area contributed by atoms with Crippen LogP contribution in [0.25, 0.3) is 0 Å². The minimum atomic E-state index is -0.333. The molecule has 1 aliphatic rings. The molecular weight excluding hydrogens is 266 g/mol. The van der Waals surface area contributed by atoms with Crippen molar-refractivity contribution in [1.29, 1.82) is 0 Å². The van der Waals surface area contributed by atoms with E-state index in [0.29, 0.717) is 30.8 Å². The first kappa shape index (κ1) is 13.7. The summed E-state index contributed by atoms with van der Waals surface area (Å²) in [5.41, 5.74) is 1.36. The maximum absolute atomic E-state index is 11.5. The van der Waals surface area contributed by atoms with Crippen LogP contribution in [0, 0.1) is 0 Å². The average Bonchev–Trinajstić information content (AvgIpc) is 2.45. The number of alkyl halides is 1. The number of rotatable bonds is 5. The summed E-state index contributed by atoms with van der Waals surface area (Å²) in [6.45, 7) is 0.342. The average molecular weight is 280 g/mol. The fourth-order valence-electron chi connectivity index (χ4n) is 1.90. The number of halogens is 1. The van der Waals surface area contributed by atoms with Gasteiger partial charge in [-0.15, -0.1) is 16.7 Å². The van der Waals surface area contributed by atoms with Crippen LogP contribution >= 0.6 is 11.6 Å². The van der Waals surface area contributed by atoms with Crippen LogP contribution in [0.1, 0.15) is 34.8 Å². The van der Waals surface area contributed by atoms with Gasteiger partial charge < -0.3 is 5.32 Å². The third-order valence-corrected chi connectivity index (χ3v) is 3.14. The van der Waals surface area contributed by atoms with Crippen molar-refractivity contribution in [3.8, 4) is 0 Å². The van der Waals surface area contributed by atoms with E-state index >= 15 is 0 Å². The standard InChI is InChI=1S/C13H14ClN3O2/c14-7-3-6-12(18)15-8-11-9-4-1-2-5-10(9)13(19)17-16-11/h1-2,4-5,11H,3,6-8H2,(H,15,18). The van der Waals surface area contributed by atoms with Crippen LogP contribution in [-0.2, 0) is 4.79 Å². The molecule has 5 nitrogen and oxygen atoms in total. The Morgan fingerprint density at radius 2 is 2.16 bits per heavy atom. The van der Waals surface area contributed by atoms with Crippen LogP contribution < -0.4 is 5.32 Å². The molecule has 2 rings (SSSR count). The highest BCUT2D eigenvalue weighted by Crippen LogP contribution is 2.26. The van der Waals surface area contributed by atoms with E-state index in [1.54, 1.807) is 12.1 Å². The van der Waals surface area contributed by atoms with E-state index in [2.05, 4.69) is 15.5 Å². The van der Waals surface area contributed by atoms with Crippen molar-refractivity contribution >= 4 is 23.4 Å². The number of fused-ring (bicyclic) bond motifs is 1. The quantitative estimate of drug-likeness (QED) is 0.841. The summed E-state index contributed by atoms with van der Waals surface area (Å²) in [5.74, 6) is 0.0685. The topological polar surface area (TPSA) is 70.9 Å². The molecule has 0 saturated carbocycles. The third-order valence-electron chi connectivity index (χ3n) is 2.87. The number of hydrogen-bond acceptors (Lipinski definition) is 3. The molecule has 0 spiro atoms. The van der Waals surface area contributed by atoms with E-state index in [1.807, 2.05) is 12.1 Å². The molecule has 19 heavy (non-hydrogen) atoms. The van der Waals surface area contributed by atoms with E-state index in [-0.39, 0.29) is 17.9 Å². The van der Waals surface area contributed by atoms with Gasteiger partial charge in [-0.05, 0) is 18.1 Å². The van der Waals surface area contributed by atoms with Crippen LogP contribution in [0.4, 0.5) is 0 Å². The number of benzene rings is 1. The lowest BCUT2D eigenvalue weighted by Crippen LogP contribution is -2.29. The van der Waals surface area contributed by atoms with Crippen molar-refractivity contribution in [2.24, 2.45) is 10.2 Å². The second-order valence-corrected chi connectivity index (χ2v) is 4.60. The number of carbonyl (C=O) groups is 2. The van der Waals surface area contributed by atoms with Crippen molar-refractivity contribution in [2.45, 2.75) is 18.9 Å². The second kappa shape index (κ2) is 6.43. The van der Waals surface area contributed by atoms with Crippen molar-refractivity contribution in [3.63, 3.8) is 0 Å². The van der Waals surface area contributed by atoms with Gasteiger partial charge in [0, 0.05) is 24.4 Å². The molecule has 1 aromatic carbocycles. The lowest BCUT2D eigenvalue weighted by Gasteiger charge is -2.18. The molecule has 1 unspecified atom stereocenters. The van der Waals surface area contributed by atoms with Gasteiger partial charge in [0.2, 0.25) is 5.91 Å². The summed E-state index contributed by atoms with van der Waals surface area (Å²) in [7, 11) is 0. The molecule has 0 aliphatic carbocycles. The van der Waals surface area contributed by atoms with Crippen LogP contribution in [0.2, 0.25) is 0 Å². The minimum Gasteiger partial charge on any atom is -0.354 e. The molecule has 0 saturated heterocycles. The first-order chi connectivity index (χ1) is 9.22. The van der Waals surface area contributed by atoms with Gasteiger partial charge in [-0.2, -0.15) is 5.11 Å². The van der Waals surface area contributed by atoms with Crippen LogP contribution in [0.5, 0.6) is 0 Å². The van der Waals surface area contributed by atoms with E-state index in [9.17, 15) is 9.59 Å². The summed E-state index contributed by atoms with van der Waals surface area (Å²) in [6.07, 6.45) is 1.04. The number of carbonyl (C=O) groups excluding carboxylic acids is 2. The van der Waals surface area contributed by atoms with Gasteiger partial charge in [0.05, 0.1) is 0 Å². The van der Waals surface area contributed by atoms with Crippen LogP contribution in [0.15, 0.2) is 34.5 Å². The Balaban J connectivity index is 2.00. The van der Waals surface area contributed by atoms with Crippen molar-refractivity contribution in [2.75, 3.05) is 12.4 Å². The zero-order valence-corrected chi connectivity index (χ0v) is 11.1. The van der Waals surface area contributed by atoms with Gasteiger partial charge in [0.25, 0.3) is 5.91 Å². The number of hydrogen-bond donors (Lipinski definition) is 1. The summed E-state index contributed by atoms with van der Waals surface area (Å²) in [4.78, 5) is 23.1. The highest BCUT2D eigenvalue weighted by Gasteiger charge is 2.23. The minimum absolute atomic E-state index is 0.0646. The normalized spacial score (nSPS) is 17.1. The maximum Gasteiger partial charge on any atom is 0.295 e. The Hall–Kier alpha value is -1.75. The SMILES string of the molecule is O=C(CCCCl)NCC1N=NC(=O)c2ccccc21. The van der Waals surface area contributed by atoms with Gasteiger partial charge in [0.1, 0.15) is 6.04 Å². The highest BCUT2D eigenvalue weighted by molar-refractivity contribution is 6.17. The maximum atomic E-state index is 11.5. The van der Waals surface area contributed by atoms with Crippen molar-refractivity contribution < 1.29 is 9.59 Å². The van der Waals surface area contributed by atoms with Gasteiger partial charge in [-0.25, -0.2) is 0 Å². The Morgan fingerprint density at radius 1 is 1.37 bits per heavy atom. The zero-order chi connectivity index (χ0) is 13.7. The summed E-state index contributed by atoms with van der Waals surface area (Å²) in [5, 5.41) is 10.3. The van der Waals surface area contributed by atoms with E-state index in [0.717, 1.165) is 5.56 Å². The fourth-order valence-corrected chi connectivity index (χ4v) is 2.03. The zero-order valence-electron chi connectivity index (χ0n) is 10.3. The Morgan fingerprint density at radius 3 is 2.95 bits per heavy atom. The molecular formula is C13H14ClN3O2. The van der Waals surface area contributed by atoms with Gasteiger partial charge >= 0.3 is 0 Å². The smallest absolute Gasteiger partial charge is 0.295 e. The molecule has 0 radical (unpaired) electrons. The Bertz CT molecular complexity index is 516. The van der Waals surface area contributed by atoms with E-state index in [4.69, 9.17) is 11.6 Å². The number of azo groups is 1. The lowest BCUT2D eigenvalue weighted by atomic mass is 9.99. The van der Waals surface area contributed by atoms with Gasteiger partial charge in [0.15, 0.2) is 0 Å². The summed E-state index contributed by atoms with van der Waals surface area (Å²) in [6, 6.07) is 6.89.